The normalized spacial score (nSPS) is 16.0. The van der Waals surface area contributed by atoms with Gasteiger partial charge in [-0.25, -0.2) is 4.79 Å². The van der Waals surface area contributed by atoms with E-state index in [0.717, 1.165) is 4.90 Å². The van der Waals surface area contributed by atoms with Crippen LogP contribution in [0, 0.1) is 11.8 Å². The van der Waals surface area contributed by atoms with Gasteiger partial charge in [0.1, 0.15) is 60.1 Å². The van der Waals surface area contributed by atoms with E-state index in [0.29, 0.717) is 36.9 Å². The molecule has 20 N–H and O–H groups in total. The van der Waals surface area contributed by atoms with Gasteiger partial charge >= 0.3 is 17.9 Å². The fourth-order valence-electron chi connectivity index (χ4n) is 9.56. The number of nitrogens with two attached hydrogens (primary N) is 3. The van der Waals surface area contributed by atoms with Crippen molar-refractivity contribution in [2.24, 2.45) is 29.0 Å². The molecule has 1 heterocycles. The second-order valence-corrected chi connectivity index (χ2v) is 22.4. The Labute approximate surface area is 525 Å². The van der Waals surface area contributed by atoms with Crippen LogP contribution in [-0.2, 0) is 80.0 Å². The van der Waals surface area contributed by atoms with E-state index in [-0.39, 0.29) is 44.4 Å². The molecule has 32 heteroatoms. The Bertz CT molecular complexity index is 2860. The van der Waals surface area contributed by atoms with Crippen LogP contribution in [0.25, 0.3) is 0 Å². The molecule has 0 spiro atoms. The Kier molecular flexibility index (Phi) is 32.0. The van der Waals surface area contributed by atoms with Crippen molar-refractivity contribution < 1.29 is 92.7 Å². The summed E-state index contributed by atoms with van der Waals surface area (Å²) in [7, 11) is 0. The van der Waals surface area contributed by atoms with Crippen LogP contribution in [0.3, 0.4) is 0 Å². The number of carbonyl (C=O) groups is 14. The van der Waals surface area contributed by atoms with E-state index in [1.165, 1.54) is 45.0 Å². The van der Waals surface area contributed by atoms with Crippen molar-refractivity contribution in [3.63, 3.8) is 0 Å². The van der Waals surface area contributed by atoms with Crippen molar-refractivity contribution in [2.75, 3.05) is 26.2 Å². The largest absolute Gasteiger partial charge is 0.508 e. The number of benzene rings is 2. The van der Waals surface area contributed by atoms with E-state index in [9.17, 15) is 92.7 Å². The van der Waals surface area contributed by atoms with Crippen molar-refractivity contribution in [1.29, 1.82) is 0 Å². The van der Waals surface area contributed by atoms with Gasteiger partial charge in [0.25, 0.3) is 0 Å². The molecule has 0 bridgehead atoms. The summed E-state index contributed by atoms with van der Waals surface area (Å²) >= 11 is 0. The van der Waals surface area contributed by atoms with E-state index in [1.54, 1.807) is 37.3 Å². The van der Waals surface area contributed by atoms with Crippen LogP contribution in [0.4, 0.5) is 0 Å². The maximum atomic E-state index is 14.4. The lowest BCUT2D eigenvalue weighted by molar-refractivity contribution is -0.143. The minimum atomic E-state index is -1.85. The van der Waals surface area contributed by atoms with Gasteiger partial charge in [-0.05, 0) is 80.2 Å². The number of carboxylic acids is 3. The number of aliphatic hydroxyl groups excluding tert-OH is 1. The molecule has 0 radical (unpaired) electrons. The van der Waals surface area contributed by atoms with Crippen molar-refractivity contribution >= 4 is 82.9 Å². The number of unbranched alkanes of at least 4 members (excludes halogenated alkanes) is 1. The van der Waals surface area contributed by atoms with E-state index in [2.05, 4.69) is 47.9 Å². The van der Waals surface area contributed by atoms with Crippen molar-refractivity contribution in [3.05, 3.63) is 65.7 Å². The minimum absolute atomic E-state index is 0.0501. The van der Waals surface area contributed by atoms with Crippen molar-refractivity contribution in [3.8, 4) is 5.75 Å². The third kappa shape index (κ3) is 26.0. The van der Waals surface area contributed by atoms with Gasteiger partial charge in [0.05, 0.1) is 25.6 Å². The molecule has 0 aromatic heterocycles. The average Bonchev–Trinajstić information content (AvgIpc) is 1.93. The molecular weight excluding hydrogens is 1190 g/mol. The van der Waals surface area contributed by atoms with Crippen molar-refractivity contribution in [1.82, 2.24) is 52.8 Å². The van der Waals surface area contributed by atoms with E-state index in [4.69, 9.17) is 17.2 Å². The van der Waals surface area contributed by atoms with Crippen LogP contribution in [0.1, 0.15) is 109 Å². The van der Waals surface area contributed by atoms with Gasteiger partial charge in [0.2, 0.25) is 65.0 Å². The number of aliphatic hydroxyl groups is 1. The molecule has 3 rings (SSSR count). The molecule has 2 aromatic rings. The molecule has 0 unspecified atom stereocenters. The summed E-state index contributed by atoms with van der Waals surface area (Å²) in [5.41, 5.74) is 17.8. The summed E-state index contributed by atoms with van der Waals surface area (Å²) in [5.74, 6) is -16.9. The SMILES string of the molecule is CC[C@H](C)[C@H](NC(=O)[C@H](CC(N)=O)NC(=O)[C@@H](NC(=O)[C@H](Cc1ccc(O)cc1)NC(=O)[C@H](CCC(=O)O)NC(=O)CNC(=O)[C@@H]1CCCN1C(=O)[C@H](CO)NC(=O)[C@@H](N)CCCCN)C(C)C)C(=O)N[C@@H](CCC(=O)O)C(=O)N[C@@H](Cc1ccccc1)C(=O)O. The first-order valence-corrected chi connectivity index (χ1v) is 29.8. The first kappa shape index (κ1) is 75.9. The highest BCUT2D eigenvalue weighted by molar-refractivity contribution is 6.00. The molecule has 1 saturated heterocycles. The number of primary amides is 1. The Hall–Kier alpha value is -9.30. The molecule has 1 fully saturated rings. The van der Waals surface area contributed by atoms with Crippen LogP contribution in [0.2, 0.25) is 0 Å². The molecule has 0 aliphatic carbocycles. The number of carbonyl (C=O) groups excluding carboxylic acids is 11. The highest BCUT2D eigenvalue weighted by Gasteiger charge is 2.40. The number of aromatic hydroxyl groups is 1. The van der Waals surface area contributed by atoms with Crippen LogP contribution in [0.5, 0.6) is 5.75 Å². The van der Waals surface area contributed by atoms with Gasteiger partial charge in [-0.1, -0.05) is 83.0 Å². The number of likely N-dealkylation sites (tertiary alicyclic amines) is 1. The molecule has 11 amide bonds. The summed E-state index contributed by atoms with van der Waals surface area (Å²) in [5, 5.41) is 70.7. The second-order valence-electron chi connectivity index (χ2n) is 22.4. The van der Waals surface area contributed by atoms with Crippen LogP contribution >= 0.6 is 0 Å². The Morgan fingerprint density at radius 2 is 1.10 bits per heavy atom. The lowest BCUT2D eigenvalue weighted by Crippen LogP contribution is -2.62. The molecule has 11 atom stereocenters. The summed E-state index contributed by atoms with van der Waals surface area (Å²) in [6.45, 7) is 4.93. The van der Waals surface area contributed by atoms with Gasteiger partial charge in [-0.3, -0.25) is 62.3 Å². The van der Waals surface area contributed by atoms with Gasteiger partial charge in [0.15, 0.2) is 0 Å². The number of aliphatic carboxylic acids is 3. The molecule has 502 valence electrons. The average molecular weight is 1280 g/mol. The van der Waals surface area contributed by atoms with Gasteiger partial charge in [-0.2, -0.15) is 0 Å². The monoisotopic (exact) mass is 1280 g/mol. The number of rotatable bonds is 40. The molecule has 1 aliphatic heterocycles. The fraction of sp³-hybridized carbons (Fsp3) is 0.559. The lowest BCUT2D eigenvalue weighted by Gasteiger charge is -2.30. The smallest absolute Gasteiger partial charge is 0.326 e. The summed E-state index contributed by atoms with van der Waals surface area (Å²) in [6, 6.07) is -1.54. The van der Waals surface area contributed by atoms with E-state index < -0.39 is 200 Å². The molecule has 32 nitrogen and oxygen atoms in total. The number of hydrogen-bond donors (Lipinski definition) is 17. The minimum Gasteiger partial charge on any atom is -0.508 e. The Balaban J connectivity index is 1.84. The molecule has 91 heavy (non-hydrogen) atoms. The van der Waals surface area contributed by atoms with Crippen molar-refractivity contribution in [2.45, 2.75) is 172 Å². The third-order valence-electron chi connectivity index (χ3n) is 14.9. The number of phenolic OH excluding ortho intramolecular Hbond substituents is 1. The predicted octanol–water partition coefficient (Wildman–Crippen LogP) is -4.00. The third-order valence-corrected chi connectivity index (χ3v) is 14.9. The number of phenols is 1. The second kappa shape index (κ2) is 38.3. The summed E-state index contributed by atoms with van der Waals surface area (Å²) in [6.07, 6.45) is -1.80. The van der Waals surface area contributed by atoms with Gasteiger partial charge in [-0.15, -0.1) is 0 Å². The van der Waals surface area contributed by atoms with Crippen LogP contribution in [-0.4, -0.2) is 200 Å². The number of carboxylic acid groups (broad SMARTS) is 3. The number of nitrogens with one attached hydrogen (secondary N) is 9. The zero-order valence-corrected chi connectivity index (χ0v) is 51.3. The van der Waals surface area contributed by atoms with E-state index >= 15 is 0 Å². The topological polar surface area (TPSA) is 530 Å². The first-order valence-electron chi connectivity index (χ1n) is 29.8. The standard InChI is InChI=1S/C59H87N13O19/c1-5-32(4)49(57(88)65-38(21-23-47(79)80)52(83)68-41(59(90)91)27-33-12-7-6-8-13-33)71-54(85)40(28-44(62)75)67-56(87)48(31(2)3)70-53(84)39(26-34-16-18-35(74)19-17-34)66-51(82)37(20-22-46(77)78)64-45(76)29-63-55(86)43-15-11-25-72(43)58(89)42(30-73)69-50(81)36(61)14-9-10-24-60/h6-8,12-13,16-19,31-32,36-43,48-49,73-74H,5,9-11,14-15,20-30,60-61H2,1-4H3,(H2,62,75)(H,63,86)(H,64,76)(H,65,88)(H,66,82)(H,67,87)(H,68,83)(H,69,81)(H,70,84)(H,71,85)(H,77,78)(H,79,80)(H,90,91)/t32-,36-,37-,38-,39-,40-,41-,42-,43-,48-,49-/m0/s1. The van der Waals surface area contributed by atoms with Crippen LogP contribution in [0.15, 0.2) is 54.6 Å². The highest BCUT2D eigenvalue weighted by atomic mass is 16.4. The molecule has 1 aliphatic rings. The number of nitrogens with zero attached hydrogens (tertiary/aromatic N) is 1. The van der Waals surface area contributed by atoms with Crippen LogP contribution < -0.4 is 65.1 Å². The highest BCUT2D eigenvalue weighted by Crippen LogP contribution is 2.20. The maximum Gasteiger partial charge on any atom is 0.326 e. The summed E-state index contributed by atoms with van der Waals surface area (Å²) < 4.78 is 0. The quantitative estimate of drug-likeness (QED) is 0.0283. The molecular formula is C59H87N13O19. The fourth-order valence-corrected chi connectivity index (χ4v) is 9.56. The number of hydrogen-bond acceptors (Lipinski definition) is 18. The predicted molar refractivity (Wildman–Crippen MR) is 323 cm³/mol. The number of amides is 11. The lowest BCUT2D eigenvalue weighted by atomic mass is 9.96. The molecule has 2 aromatic carbocycles. The Morgan fingerprint density at radius 1 is 0.593 bits per heavy atom. The first-order chi connectivity index (χ1) is 43.0. The van der Waals surface area contributed by atoms with Gasteiger partial charge in [0, 0.05) is 32.2 Å². The zero-order chi connectivity index (χ0) is 68.1. The Morgan fingerprint density at radius 3 is 1.65 bits per heavy atom. The maximum absolute atomic E-state index is 14.4. The van der Waals surface area contributed by atoms with E-state index in [1.807, 2.05) is 0 Å². The zero-order valence-electron chi connectivity index (χ0n) is 51.3. The molecule has 0 saturated carbocycles. The summed E-state index contributed by atoms with van der Waals surface area (Å²) in [4.78, 5) is 187. The van der Waals surface area contributed by atoms with Gasteiger partial charge < -0.3 is 95.5 Å².